The quantitative estimate of drug-likeness (QED) is 0.0323. The highest BCUT2D eigenvalue weighted by atomic mass is 32.1. The molecule has 0 bridgehead atoms. The number of primary amides is 1. The normalized spacial score (nSPS) is 12.1. The van der Waals surface area contributed by atoms with Crippen molar-refractivity contribution >= 4 is 63.8 Å². The Morgan fingerprint density at radius 3 is 2.33 bits per heavy atom. The first-order valence-corrected chi connectivity index (χ1v) is 19.0. The number of unbranched alkanes of at least 4 members (excludes halogenated alkanes) is 1. The average molecular weight is 816 g/mol. The third-order valence-electron chi connectivity index (χ3n) is 8.18. The fourth-order valence-electron chi connectivity index (χ4n) is 5.21. The van der Waals surface area contributed by atoms with Gasteiger partial charge in [0, 0.05) is 12.2 Å². The molecular formula is C36H53N11O9S. The second-order valence-electron chi connectivity index (χ2n) is 13.0. The first kappa shape index (κ1) is 45.9. The van der Waals surface area contributed by atoms with Crippen LogP contribution in [0, 0.1) is 5.92 Å². The molecule has 0 spiro atoms. The number of anilines is 2. The summed E-state index contributed by atoms with van der Waals surface area (Å²) < 4.78 is 23.1. The van der Waals surface area contributed by atoms with Crippen LogP contribution in [0.4, 0.5) is 16.3 Å². The molecule has 1 aromatic carbocycles. The molecule has 3 rings (SSSR count). The topological polar surface area (TPSA) is 281 Å². The van der Waals surface area contributed by atoms with E-state index in [1.807, 2.05) is 6.92 Å². The van der Waals surface area contributed by atoms with E-state index in [1.165, 1.54) is 4.57 Å². The van der Waals surface area contributed by atoms with E-state index in [4.69, 9.17) is 30.4 Å². The van der Waals surface area contributed by atoms with Crippen LogP contribution in [0.2, 0.25) is 0 Å². The van der Waals surface area contributed by atoms with E-state index in [0.717, 1.165) is 12.8 Å². The number of rotatable bonds is 27. The number of fused-ring (bicyclic) bond motifs is 1. The lowest BCUT2D eigenvalue weighted by Gasteiger charge is -2.25. The Labute approximate surface area is 335 Å². The predicted octanol–water partition coefficient (Wildman–Crippen LogP) is 1.09. The Morgan fingerprint density at radius 1 is 0.965 bits per heavy atom. The summed E-state index contributed by atoms with van der Waals surface area (Å²) >= 11 is 4.49. The molecule has 0 aliphatic heterocycles. The van der Waals surface area contributed by atoms with Crippen LogP contribution in [0.1, 0.15) is 52.0 Å². The van der Waals surface area contributed by atoms with Gasteiger partial charge in [0.05, 0.1) is 57.9 Å². The number of benzene rings is 1. The minimum atomic E-state index is -1.04. The molecule has 0 saturated heterocycles. The van der Waals surface area contributed by atoms with Crippen molar-refractivity contribution in [3.05, 3.63) is 40.3 Å². The number of imidazole rings is 1. The molecule has 2 heterocycles. The van der Waals surface area contributed by atoms with E-state index in [0.29, 0.717) is 56.2 Å². The standard InChI is InChI=1S/C36H53N11O9S/c1-4-5-14-56-35-45-30(37)29-31(46-35)47(36(52)44-29)20-24-8-10-25(11-9-24)41-32(49)26(7-6-12-40-34(38)51)42-33(50)28(23(2)3)43-27(48)21-55-19-18-54-17-16-53-15-13-39-22-57/h8-11,23,26,28H,4-7,12-21H2,1-3H3,(H,41,49)(H,42,50)(H,43,48)(H,44,52)(H2,37,45,46)(H3,38,40,51)/t26-,28-/m0/s1. The van der Waals surface area contributed by atoms with Gasteiger partial charge in [0.25, 0.3) is 0 Å². The lowest BCUT2D eigenvalue weighted by molar-refractivity contribution is -0.134. The second-order valence-corrected chi connectivity index (χ2v) is 13.2. The van der Waals surface area contributed by atoms with Crippen LogP contribution in [-0.4, -0.2) is 120 Å². The van der Waals surface area contributed by atoms with Gasteiger partial charge in [-0.3, -0.25) is 19.0 Å². The molecule has 5 amide bonds. The Balaban J connectivity index is 1.59. The number of hydrogen-bond donors (Lipinski definition) is 7. The smallest absolute Gasteiger partial charge is 0.328 e. The molecule has 0 aliphatic rings. The number of nitrogens with zero attached hydrogens (tertiary/aromatic N) is 4. The van der Waals surface area contributed by atoms with Gasteiger partial charge in [-0.15, -0.1) is 0 Å². The van der Waals surface area contributed by atoms with Gasteiger partial charge in [-0.1, -0.05) is 39.3 Å². The first-order valence-electron chi connectivity index (χ1n) is 18.6. The van der Waals surface area contributed by atoms with Crippen molar-refractivity contribution in [1.29, 1.82) is 0 Å². The SMILES string of the molecule is CCCCOc1nc(N)c2[nH]c(=O)n(Cc3ccc(NC(=O)[C@H](CCCNC(N)=O)NC(=O)[C@@H](NC(=O)COCCOCCOCCN=C=S)C(C)C)cc3)c2n1. The van der Waals surface area contributed by atoms with Crippen LogP contribution in [0.15, 0.2) is 34.1 Å². The number of urea groups is 1. The molecular weight excluding hydrogens is 763 g/mol. The number of nitrogens with two attached hydrogens (primary N) is 2. The van der Waals surface area contributed by atoms with Crippen LogP contribution in [0.5, 0.6) is 6.01 Å². The number of H-pyrrole nitrogens is 1. The number of carbonyl (C=O) groups is 4. The highest BCUT2D eigenvalue weighted by Crippen LogP contribution is 2.19. The number of nitrogens with one attached hydrogen (secondary N) is 5. The molecule has 0 fully saturated rings. The summed E-state index contributed by atoms with van der Waals surface area (Å²) in [7, 11) is 0. The van der Waals surface area contributed by atoms with Crippen molar-refractivity contribution in [2.45, 2.75) is 65.1 Å². The lowest BCUT2D eigenvalue weighted by Crippen LogP contribution is -2.55. The van der Waals surface area contributed by atoms with E-state index in [2.05, 4.69) is 58.6 Å². The zero-order valence-corrected chi connectivity index (χ0v) is 33.3. The van der Waals surface area contributed by atoms with Crippen LogP contribution >= 0.6 is 12.2 Å². The van der Waals surface area contributed by atoms with Crippen molar-refractivity contribution in [3.8, 4) is 6.01 Å². The van der Waals surface area contributed by atoms with Gasteiger partial charge < -0.3 is 56.7 Å². The molecule has 3 aromatic rings. The molecule has 0 aliphatic carbocycles. The molecule has 0 radical (unpaired) electrons. The summed E-state index contributed by atoms with van der Waals surface area (Å²) in [6.07, 6.45) is 2.18. The number of aromatic nitrogens is 4. The number of isothiocyanates is 1. The molecule has 0 saturated carbocycles. The minimum absolute atomic E-state index is 0.0729. The first-order chi connectivity index (χ1) is 27.4. The molecule has 0 unspecified atom stereocenters. The van der Waals surface area contributed by atoms with E-state index >= 15 is 0 Å². The average Bonchev–Trinajstić information content (AvgIpc) is 3.49. The monoisotopic (exact) mass is 815 g/mol. The largest absolute Gasteiger partial charge is 0.463 e. The highest BCUT2D eigenvalue weighted by Gasteiger charge is 2.29. The molecule has 20 nitrogen and oxygen atoms in total. The van der Waals surface area contributed by atoms with Crippen molar-refractivity contribution < 1.29 is 38.1 Å². The molecule has 2 atom stereocenters. The number of amides is 5. The zero-order chi connectivity index (χ0) is 41.6. The summed E-state index contributed by atoms with van der Waals surface area (Å²) in [6, 6.07) is 4.08. The van der Waals surface area contributed by atoms with Crippen LogP contribution in [-0.2, 0) is 35.1 Å². The summed E-state index contributed by atoms with van der Waals surface area (Å²) in [5.41, 5.74) is 12.5. The Kier molecular flexibility index (Phi) is 20.1. The number of carbonyl (C=O) groups excluding carboxylic acids is 4. The van der Waals surface area contributed by atoms with Gasteiger partial charge in [0.2, 0.25) is 17.7 Å². The van der Waals surface area contributed by atoms with E-state index < -0.39 is 41.5 Å². The van der Waals surface area contributed by atoms with Gasteiger partial charge in [0.1, 0.15) is 24.2 Å². The number of nitrogen functional groups attached to an aromatic ring is 1. The van der Waals surface area contributed by atoms with Crippen molar-refractivity contribution in [2.24, 2.45) is 16.6 Å². The molecule has 57 heavy (non-hydrogen) atoms. The van der Waals surface area contributed by atoms with E-state index in [-0.39, 0.29) is 62.7 Å². The maximum atomic E-state index is 13.5. The number of ether oxygens (including phenoxy) is 4. The van der Waals surface area contributed by atoms with Crippen molar-refractivity contribution in [3.63, 3.8) is 0 Å². The van der Waals surface area contributed by atoms with Crippen molar-refractivity contribution in [2.75, 3.05) is 70.4 Å². The lowest BCUT2D eigenvalue weighted by atomic mass is 10.0. The van der Waals surface area contributed by atoms with Gasteiger partial charge >= 0.3 is 17.7 Å². The highest BCUT2D eigenvalue weighted by molar-refractivity contribution is 7.78. The van der Waals surface area contributed by atoms with Gasteiger partial charge in [-0.25, -0.2) is 14.6 Å². The van der Waals surface area contributed by atoms with Crippen LogP contribution < -0.4 is 43.2 Å². The Bertz CT molecular complexity index is 1860. The van der Waals surface area contributed by atoms with Crippen LogP contribution in [0.25, 0.3) is 11.2 Å². The number of hydrogen-bond acceptors (Lipinski definition) is 14. The number of thiocarbonyl (C=S) groups is 1. The van der Waals surface area contributed by atoms with Gasteiger partial charge in [-0.05, 0) is 55.1 Å². The molecule has 21 heteroatoms. The third kappa shape index (κ3) is 16.3. The fraction of sp³-hybridized carbons (Fsp3) is 0.556. The summed E-state index contributed by atoms with van der Waals surface area (Å²) in [6.45, 7) is 7.85. The van der Waals surface area contributed by atoms with Gasteiger partial charge in [0.15, 0.2) is 11.5 Å². The Morgan fingerprint density at radius 2 is 1.67 bits per heavy atom. The second kappa shape index (κ2) is 24.9. The van der Waals surface area contributed by atoms with E-state index in [1.54, 1.807) is 38.1 Å². The van der Waals surface area contributed by atoms with Crippen LogP contribution in [0.3, 0.4) is 0 Å². The zero-order valence-electron chi connectivity index (χ0n) is 32.5. The maximum absolute atomic E-state index is 13.5. The van der Waals surface area contributed by atoms with Crippen molar-refractivity contribution in [1.82, 2.24) is 35.5 Å². The summed E-state index contributed by atoms with van der Waals surface area (Å²) in [4.78, 5) is 78.7. The molecule has 9 N–H and O–H groups in total. The minimum Gasteiger partial charge on any atom is -0.463 e. The molecule has 2 aromatic heterocycles. The number of aliphatic imine (C=N–C) groups is 1. The predicted molar refractivity (Wildman–Crippen MR) is 215 cm³/mol. The third-order valence-corrected chi connectivity index (χ3v) is 8.31. The maximum Gasteiger partial charge on any atom is 0.328 e. The summed E-state index contributed by atoms with van der Waals surface area (Å²) in [5.74, 6) is -1.89. The van der Waals surface area contributed by atoms with E-state index in [9.17, 15) is 24.0 Å². The number of aromatic amines is 1. The fourth-order valence-corrected chi connectivity index (χ4v) is 5.31. The van der Waals surface area contributed by atoms with Gasteiger partial charge in [-0.2, -0.15) is 9.97 Å². The summed E-state index contributed by atoms with van der Waals surface area (Å²) in [5, 5.41) is 12.9. The Hall–Kier alpha value is -5.47. The molecule has 312 valence electrons.